The van der Waals surface area contributed by atoms with Crippen LogP contribution >= 0.6 is 11.8 Å². The zero-order chi connectivity index (χ0) is 14.1. The van der Waals surface area contributed by atoms with Gasteiger partial charge in [-0.15, -0.1) is 11.8 Å². The van der Waals surface area contributed by atoms with Gasteiger partial charge >= 0.3 is 0 Å². The Hall–Kier alpha value is -1.88. The molecule has 1 heterocycles. The summed E-state index contributed by atoms with van der Waals surface area (Å²) >= 11 is 1.66. The molecule has 102 valence electrons. The highest BCUT2D eigenvalue weighted by Crippen LogP contribution is 2.35. The molecular formula is C15H11F2NOS. The lowest BCUT2D eigenvalue weighted by molar-refractivity contribution is 0.0983. The fourth-order valence-electron chi connectivity index (χ4n) is 2.19. The number of amides is 1. The summed E-state index contributed by atoms with van der Waals surface area (Å²) in [6.45, 7) is 0.511. The summed E-state index contributed by atoms with van der Waals surface area (Å²) in [6.07, 6.45) is 0. The molecule has 1 amide bonds. The van der Waals surface area contributed by atoms with E-state index in [0.29, 0.717) is 6.54 Å². The maximum atomic E-state index is 13.7. The quantitative estimate of drug-likeness (QED) is 0.798. The zero-order valence-electron chi connectivity index (χ0n) is 10.5. The lowest BCUT2D eigenvalue weighted by atomic mass is 10.1. The van der Waals surface area contributed by atoms with Crippen LogP contribution in [0.15, 0.2) is 47.4 Å². The summed E-state index contributed by atoms with van der Waals surface area (Å²) in [5.74, 6) is -1.19. The van der Waals surface area contributed by atoms with Gasteiger partial charge in [-0.05, 0) is 24.3 Å². The molecule has 2 nitrogen and oxygen atoms in total. The number of halogens is 2. The molecule has 0 N–H and O–H groups in total. The summed E-state index contributed by atoms with van der Waals surface area (Å²) in [4.78, 5) is 15.0. The monoisotopic (exact) mass is 291 g/mol. The molecule has 0 aromatic heterocycles. The van der Waals surface area contributed by atoms with Crippen LogP contribution in [0.1, 0.15) is 10.4 Å². The maximum absolute atomic E-state index is 13.7. The molecule has 0 radical (unpaired) electrons. The van der Waals surface area contributed by atoms with Crippen LogP contribution in [0.3, 0.4) is 0 Å². The molecule has 0 bridgehead atoms. The average Bonchev–Trinajstić information content (AvgIpc) is 2.46. The van der Waals surface area contributed by atoms with E-state index in [1.54, 1.807) is 16.7 Å². The lowest BCUT2D eigenvalue weighted by Gasteiger charge is -2.29. The van der Waals surface area contributed by atoms with E-state index in [-0.39, 0.29) is 5.56 Å². The fraction of sp³-hybridized carbons (Fsp3) is 0.133. The molecule has 0 atom stereocenters. The molecule has 0 aliphatic carbocycles. The molecule has 5 heteroatoms. The summed E-state index contributed by atoms with van der Waals surface area (Å²) < 4.78 is 26.7. The first kappa shape index (κ1) is 13.1. The van der Waals surface area contributed by atoms with E-state index in [0.717, 1.165) is 28.5 Å². The zero-order valence-corrected chi connectivity index (χ0v) is 11.3. The molecule has 20 heavy (non-hydrogen) atoms. The topological polar surface area (TPSA) is 20.3 Å². The largest absolute Gasteiger partial charge is 0.306 e. The van der Waals surface area contributed by atoms with Gasteiger partial charge in [0.15, 0.2) is 0 Å². The van der Waals surface area contributed by atoms with E-state index in [1.807, 2.05) is 24.3 Å². The van der Waals surface area contributed by atoms with Crippen LogP contribution in [0, 0.1) is 11.6 Å². The van der Waals surface area contributed by atoms with Crippen LogP contribution in [0.4, 0.5) is 14.5 Å². The highest BCUT2D eigenvalue weighted by Gasteiger charge is 2.25. The number of nitrogens with zero attached hydrogens (tertiary/aromatic N) is 1. The predicted octanol–water partition coefficient (Wildman–Crippen LogP) is 3.72. The molecule has 0 spiro atoms. The van der Waals surface area contributed by atoms with E-state index in [2.05, 4.69) is 0 Å². The molecule has 1 aliphatic rings. The van der Waals surface area contributed by atoms with Crippen molar-refractivity contribution in [2.75, 3.05) is 17.2 Å². The van der Waals surface area contributed by atoms with Gasteiger partial charge in [0.25, 0.3) is 5.91 Å². The van der Waals surface area contributed by atoms with Crippen LogP contribution < -0.4 is 4.90 Å². The number of benzene rings is 2. The standard InChI is InChI=1S/C15H11F2NOS/c16-10-5-6-11(12(17)9-10)15(19)18-7-8-20-14-4-2-1-3-13(14)18/h1-6,9H,7-8H2. The minimum Gasteiger partial charge on any atom is -0.306 e. The highest BCUT2D eigenvalue weighted by molar-refractivity contribution is 7.99. The van der Waals surface area contributed by atoms with Gasteiger partial charge in [0.1, 0.15) is 11.6 Å². The second-order valence-corrected chi connectivity index (χ2v) is 5.53. The van der Waals surface area contributed by atoms with Crippen molar-refractivity contribution >= 4 is 23.4 Å². The molecule has 3 rings (SSSR count). The first-order chi connectivity index (χ1) is 9.66. The van der Waals surface area contributed by atoms with Gasteiger partial charge in [0.2, 0.25) is 0 Å². The first-order valence-electron chi connectivity index (χ1n) is 6.15. The second kappa shape index (κ2) is 5.25. The van der Waals surface area contributed by atoms with Crippen molar-refractivity contribution in [3.05, 3.63) is 59.7 Å². The van der Waals surface area contributed by atoms with E-state index >= 15 is 0 Å². The molecule has 1 aliphatic heterocycles. The van der Waals surface area contributed by atoms with Gasteiger partial charge < -0.3 is 4.90 Å². The molecule has 0 saturated heterocycles. The number of carbonyl (C=O) groups excluding carboxylic acids is 1. The SMILES string of the molecule is O=C(c1ccc(F)cc1F)N1CCSc2ccccc21. The first-order valence-corrected chi connectivity index (χ1v) is 7.14. The summed E-state index contributed by atoms with van der Waals surface area (Å²) in [7, 11) is 0. The summed E-state index contributed by atoms with van der Waals surface area (Å²) in [5, 5.41) is 0. The molecule has 0 unspecified atom stereocenters. The number of para-hydroxylation sites is 1. The Morgan fingerprint density at radius 2 is 1.95 bits per heavy atom. The number of rotatable bonds is 1. The van der Waals surface area contributed by atoms with Crippen LogP contribution in [0.25, 0.3) is 0 Å². The number of hydrogen-bond donors (Lipinski definition) is 0. The number of hydrogen-bond acceptors (Lipinski definition) is 2. The van der Waals surface area contributed by atoms with Gasteiger partial charge in [0, 0.05) is 23.3 Å². The van der Waals surface area contributed by atoms with E-state index < -0.39 is 17.5 Å². The van der Waals surface area contributed by atoms with E-state index in [1.165, 1.54) is 6.07 Å². The van der Waals surface area contributed by atoms with Crippen molar-refractivity contribution in [1.82, 2.24) is 0 Å². The third kappa shape index (κ3) is 2.29. The van der Waals surface area contributed by atoms with Crippen LogP contribution in [-0.4, -0.2) is 18.2 Å². The third-order valence-electron chi connectivity index (χ3n) is 3.14. The second-order valence-electron chi connectivity index (χ2n) is 4.40. The van der Waals surface area contributed by atoms with Gasteiger partial charge in [0.05, 0.1) is 11.3 Å². The summed E-state index contributed by atoms with van der Waals surface area (Å²) in [5.41, 5.74) is 0.672. The highest BCUT2D eigenvalue weighted by atomic mass is 32.2. The molecule has 0 fully saturated rings. The Labute approximate surface area is 119 Å². The smallest absolute Gasteiger partial charge is 0.261 e. The van der Waals surface area contributed by atoms with Crippen molar-refractivity contribution < 1.29 is 13.6 Å². The number of carbonyl (C=O) groups is 1. The summed E-state index contributed by atoms with van der Waals surface area (Å²) in [6, 6.07) is 10.5. The van der Waals surface area contributed by atoms with Crippen LogP contribution in [0.2, 0.25) is 0 Å². The minimum absolute atomic E-state index is 0.104. The van der Waals surface area contributed by atoms with E-state index in [9.17, 15) is 13.6 Å². The molecule has 2 aromatic carbocycles. The predicted molar refractivity (Wildman–Crippen MR) is 75.2 cm³/mol. The van der Waals surface area contributed by atoms with Crippen LogP contribution in [0.5, 0.6) is 0 Å². The van der Waals surface area contributed by atoms with Gasteiger partial charge in [-0.2, -0.15) is 0 Å². The van der Waals surface area contributed by atoms with Crippen molar-refractivity contribution in [2.24, 2.45) is 0 Å². The Morgan fingerprint density at radius 3 is 2.75 bits per heavy atom. The normalized spacial score (nSPS) is 14.0. The Morgan fingerprint density at radius 1 is 1.15 bits per heavy atom. The minimum atomic E-state index is -0.828. The van der Waals surface area contributed by atoms with Crippen molar-refractivity contribution in [3.63, 3.8) is 0 Å². The van der Waals surface area contributed by atoms with Gasteiger partial charge in [-0.1, -0.05) is 12.1 Å². The lowest BCUT2D eigenvalue weighted by Crippen LogP contribution is -2.35. The molecule has 2 aromatic rings. The van der Waals surface area contributed by atoms with Gasteiger partial charge in [-0.25, -0.2) is 8.78 Å². The van der Waals surface area contributed by atoms with Gasteiger partial charge in [-0.3, -0.25) is 4.79 Å². The third-order valence-corrected chi connectivity index (χ3v) is 4.18. The number of anilines is 1. The average molecular weight is 291 g/mol. The van der Waals surface area contributed by atoms with Crippen molar-refractivity contribution in [2.45, 2.75) is 4.90 Å². The Bertz CT molecular complexity index is 675. The van der Waals surface area contributed by atoms with Crippen molar-refractivity contribution in [1.29, 1.82) is 0 Å². The fourth-order valence-corrected chi connectivity index (χ4v) is 3.18. The van der Waals surface area contributed by atoms with E-state index in [4.69, 9.17) is 0 Å². The molecular weight excluding hydrogens is 280 g/mol. The van der Waals surface area contributed by atoms with Crippen molar-refractivity contribution in [3.8, 4) is 0 Å². The number of fused-ring (bicyclic) bond motifs is 1. The maximum Gasteiger partial charge on any atom is 0.261 e. The Kier molecular flexibility index (Phi) is 3.44. The van der Waals surface area contributed by atoms with Crippen LogP contribution in [-0.2, 0) is 0 Å². The molecule has 0 saturated carbocycles. The number of thioether (sulfide) groups is 1. The Balaban J connectivity index is 2.00.